The Hall–Kier alpha value is -2.61. The summed E-state index contributed by atoms with van der Waals surface area (Å²) < 4.78 is 5.59. The van der Waals surface area contributed by atoms with Crippen molar-refractivity contribution in [3.63, 3.8) is 0 Å². The molecular formula is C25H25Cl2N3O3S. The van der Waals surface area contributed by atoms with E-state index in [1.807, 2.05) is 35.2 Å². The van der Waals surface area contributed by atoms with Gasteiger partial charge >= 0.3 is 0 Å². The lowest BCUT2D eigenvalue weighted by Crippen LogP contribution is -2.38. The van der Waals surface area contributed by atoms with Crippen molar-refractivity contribution in [1.82, 2.24) is 15.2 Å². The summed E-state index contributed by atoms with van der Waals surface area (Å²) in [5.74, 6) is 0.702. The monoisotopic (exact) mass is 517 g/mol. The van der Waals surface area contributed by atoms with Crippen LogP contribution >= 0.6 is 34.5 Å². The van der Waals surface area contributed by atoms with Crippen LogP contribution < -0.4 is 10.1 Å². The molecule has 34 heavy (non-hydrogen) atoms. The van der Waals surface area contributed by atoms with Crippen molar-refractivity contribution in [3.05, 3.63) is 80.2 Å². The Morgan fingerprint density at radius 3 is 2.50 bits per heavy atom. The number of ether oxygens (including phenoxy) is 1. The number of likely N-dealkylation sites (tertiary alicyclic amines) is 1. The van der Waals surface area contributed by atoms with E-state index < -0.39 is 0 Å². The second kappa shape index (κ2) is 11.7. The molecule has 1 aromatic heterocycles. The third kappa shape index (κ3) is 6.29. The molecule has 2 heterocycles. The molecule has 9 heteroatoms. The van der Waals surface area contributed by atoms with Gasteiger partial charge in [0, 0.05) is 29.4 Å². The van der Waals surface area contributed by atoms with Gasteiger partial charge in [-0.1, -0.05) is 53.5 Å². The standard InChI is InChI=1S/C25H25Cl2N3O3S/c26-19-6-2-1-5-18(19)15-23(31)30-12-9-17(10-13-30)25-29-21(16-34-25)24(32)28-11-14-33-22-8-4-3-7-20(22)27/h1-8,16-17H,9-15H2,(H,28,32). The number of benzene rings is 2. The van der Waals surface area contributed by atoms with E-state index in [1.165, 1.54) is 11.3 Å². The van der Waals surface area contributed by atoms with Gasteiger partial charge in [-0.05, 0) is 36.6 Å². The average molecular weight is 518 g/mol. The third-order valence-electron chi connectivity index (χ3n) is 5.73. The van der Waals surface area contributed by atoms with E-state index in [0.717, 1.165) is 23.4 Å². The molecule has 1 aliphatic rings. The molecule has 2 amide bonds. The number of nitrogens with zero attached hydrogens (tertiary/aromatic N) is 2. The summed E-state index contributed by atoms with van der Waals surface area (Å²) in [6, 6.07) is 14.7. The fourth-order valence-electron chi connectivity index (χ4n) is 3.85. The lowest BCUT2D eigenvalue weighted by atomic mass is 9.97. The maximum Gasteiger partial charge on any atom is 0.270 e. The van der Waals surface area contributed by atoms with Gasteiger partial charge in [0.05, 0.1) is 23.0 Å². The van der Waals surface area contributed by atoms with Crippen molar-refractivity contribution in [1.29, 1.82) is 0 Å². The first-order valence-electron chi connectivity index (χ1n) is 11.1. The van der Waals surface area contributed by atoms with E-state index in [-0.39, 0.29) is 17.7 Å². The first-order valence-corrected chi connectivity index (χ1v) is 12.8. The van der Waals surface area contributed by atoms with Gasteiger partial charge < -0.3 is 15.0 Å². The van der Waals surface area contributed by atoms with Gasteiger partial charge in [-0.25, -0.2) is 4.98 Å². The van der Waals surface area contributed by atoms with Crippen LogP contribution in [0.3, 0.4) is 0 Å². The number of carbonyl (C=O) groups is 2. The van der Waals surface area contributed by atoms with Crippen LogP contribution in [0.1, 0.15) is 39.8 Å². The maximum absolute atomic E-state index is 12.7. The maximum atomic E-state index is 12.7. The Labute approximate surface area is 212 Å². The number of halogens is 2. The zero-order valence-electron chi connectivity index (χ0n) is 18.5. The second-order valence-electron chi connectivity index (χ2n) is 8.03. The van der Waals surface area contributed by atoms with Crippen LogP contribution in [-0.4, -0.2) is 47.9 Å². The number of rotatable bonds is 8. The Balaban J connectivity index is 1.22. The minimum atomic E-state index is -0.224. The molecule has 3 aromatic rings. The molecule has 1 saturated heterocycles. The number of amides is 2. The van der Waals surface area contributed by atoms with Gasteiger partial charge in [0.15, 0.2) is 0 Å². The highest BCUT2D eigenvalue weighted by molar-refractivity contribution is 7.09. The largest absolute Gasteiger partial charge is 0.490 e. The fourth-order valence-corrected chi connectivity index (χ4v) is 5.21. The molecule has 0 unspecified atom stereocenters. The molecule has 1 N–H and O–H groups in total. The minimum Gasteiger partial charge on any atom is -0.490 e. The number of nitrogens with one attached hydrogen (secondary N) is 1. The summed E-state index contributed by atoms with van der Waals surface area (Å²) in [7, 11) is 0. The van der Waals surface area contributed by atoms with Crippen LogP contribution in [0.2, 0.25) is 10.0 Å². The van der Waals surface area contributed by atoms with E-state index in [0.29, 0.717) is 54.2 Å². The summed E-state index contributed by atoms with van der Waals surface area (Å²) >= 11 is 13.7. The van der Waals surface area contributed by atoms with Crippen molar-refractivity contribution in [2.75, 3.05) is 26.2 Å². The van der Waals surface area contributed by atoms with Crippen LogP contribution in [-0.2, 0) is 11.2 Å². The molecule has 0 aliphatic carbocycles. The zero-order valence-corrected chi connectivity index (χ0v) is 20.8. The van der Waals surface area contributed by atoms with Gasteiger partial charge in [0.1, 0.15) is 18.1 Å². The molecule has 0 radical (unpaired) electrons. The summed E-state index contributed by atoms with van der Waals surface area (Å²) in [5.41, 5.74) is 1.26. The molecular weight excluding hydrogens is 493 g/mol. The topological polar surface area (TPSA) is 71.5 Å². The molecule has 0 atom stereocenters. The van der Waals surface area contributed by atoms with E-state index in [1.54, 1.807) is 23.6 Å². The lowest BCUT2D eigenvalue weighted by molar-refractivity contribution is -0.131. The summed E-state index contributed by atoms with van der Waals surface area (Å²) in [4.78, 5) is 31.6. The second-order valence-corrected chi connectivity index (χ2v) is 9.73. The van der Waals surface area contributed by atoms with Gasteiger partial charge in [0.25, 0.3) is 5.91 Å². The first-order chi connectivity index (χ1) is 16.5. The normalized spacial score (nSPS) is 14.1. The predicted molar refractivity (Wildman–Crippen MR) is 135 cm³/mol. The molecule has 1 fully saturated rings. The number of carbonyl (C=O) groups excluding carboxylic acids is 2. The van der Waals surface area contributed by atoms with Crippen molar-refractivity contribution >= 4 is 46.4 Å². The van der Waals surface area contributed by atoms with Crippen molar-refractivity contribution in [2.24, 2.45) is 0 Å². The molecule has 4 rings (SSSR count). The molecule has 0 bridgehead atoms. The molecule has 0 saturated carbocycles. The SMILES string of the molecule is O=C(NCCOc1ccccc1Cl)c1csc(C2CCN(C(=O)Cc3ccccc3Cl)CC2)n1. The van der Waals surface area contributed by atoms with Crippen LogP contribution in [0.25, 0.3) is 0 Å². The molecule has 1 aliphatic heterocycles. The predicted octanol–water partition coefficient (Wildman–Crippen LogP) is 5.21. The average Bonchev–Trinajstić information content (AvgIpc) is 3.35. The number of hydrogen-bond donors (Lipinski definition) is 1. The van der Waals surface area contributed by atoms with E-state index in [4.69, 9.17) is 27.9 Å². The highest BCUT2D eigenvalue weighted by Crippen LogP contribution is 2.31. The highest BCUT2D eigenvalue weighted by Gasteiger charge is 2.26. The highest BCUT2D eigenvalue weighted by atomic mass is 35.5. The van der Waals surface area contributed by atoms with E-state index in [9.17, 15) is 9.59 Å². The Morgan fingerprint density at radius 1 is 1.06 bits per heavy atom. The fraction of sp³-hybridized carbons (Fsp3) is 0.320. The number of hydrogen-bond acceptors (Lipinski definition) is 5. The van der Waals surface area contributed by atoms with Crippen molar-refractivity contribution in [2.45, 2.75) is 25.2 Å². The van der Waals surface area contributed by atoms with Gasteiger partial charge in [-0.2, -0.15) is 0 Å². The molecule has 178 valence electrons. The first kappa shape index (κ1) is 24.5. The smallest absolute Gasteiger partial charge is 0.270 e. The molecule has 6 nitrogen and oxygen atoms in total. The third-order valence-corrected chi connectivity index (χ3v) is 7.42. The van der Waals surface area contributed by atoms with Gasteiger partial charge in [-0.3, -0.25) is 9.59 Å². The van der Waals surface area contributed by atoms with Crippen LogP contribution in [0.5, 0.6) is 5.75 Å². The minimum absolute atomic E-state index is 0.0877. The molecule has 2 aromatic carbocycles. The summed E-state index contributed by atoms with van der Waals surface area (Å²) in [6.45, 7) is 2.01. The Kier molecular flexibility index (Phi) is 8.43. The number of aromatic nitrogens is 1. The number of para-hydroxylation sites is 1. The zero-order chi connectivity index (χ0) is 23.9. The van der Waals surface area contributed by atoms with Crippen LogP contribution in [0.15, 0.2) is 53.9 Å². The summed E-state index contributed by atoms with van der Waals surface area (Å²) in [5, 5.41) is 6.71. The van der Waals surface area contributed by atoms with Crippen molar-refractivity contribution in [3.8, 4) is 5.75 Å². The van der Waals surface area contributed by atoms with Crippen molar-refractivity contribution < 1.29 is 14.3 Å². The number of piperidine rings is 1. The van der Waals surface area contributed by atoms with Gasteiger partial charge in [0.2, 0.25) is 5.91 Å². The summed E-state index contributed by atoms with van der Waals surface area (Å²) in [6.07, 6.45) is 1.97. The Bertz CT molecular complexity index is 1150. The van der Waals surface area contributed by atoms with Crippen LogP contribution in [0, 0.1) is 0 Å². The quantitative estimate of drug-likeness (QED) is 0.416. The van der Waals surface area contributed by atoms with E-state index >= 15 is 0 Å². The Morgan fingerprint density at radius 2 is 1.76 bits per heavy atom. The van der Waals surface area contributed by atoms with Crippen LogP contribution in [0.4, 0.5) is 0 Å². The number of thiazole rings is 1. The molecule has 0 spiro atoms. The van der Waals surface area contributed by atoms with Gasteiger partial charge in [-0.15, -0.1) is 11.3 Å². The van der Waals surface area contributed by atoms with E-state index in [2.05, 4.69) is 10.3 Å². The lowest BCUT2D eigenvalue weighted by Gasteiger charge is -2.31.